The minimum atomic E-state index is -1.75. The van der Waals surface area contributed by atoms with Crippen molar-refractivity contribution in [2.45, 2.75) is 205 Å². The quantitative estimate of drug-likeness (QED) is 0.0243. The molecule has 45 heteroatoms. The number of fused-ring (bicyclic) bond motifs is 16. The Morgan fingerprint density at radius 2 is 0.221 bits per heavy atom. The summed E-state index contributed by atoms with van der Waals surface area (Å²) < 4.78 is 95.6. The van der Waals surface area contributed by atoms with E-state index in [4.69, 9.17) is 30.6 Å². The van der Waals surface area contributed by atoms with E-state index in [0.29, 0.717) is 192 Å². The van der Waals surface area contributed by atoms with Crippen LogP contribution in [0.1, 0.15) is 294 Å². The predicted molar refractivity (Wildman–Crippen MR) is 593 cm³/mol. The third-order valence-electron chi connectivity index (χ3n) is 20.0. The topological polar surface area (TPSA) is 627 Å². The van der Waals surface area contributed by atoms with Crippen LogP contribution in [0.3, 0.4) is 0 Å². The zero-order valence-corrected chi connectivity index (χ0v) is 97.6. The molecule has 0 aliphatic heterocycles. The Morgan fingerprint density at radius 3 is 0.262 bits per heavy atom. The van der Waals surface area contributed by atoms with E-state index >= 15 is 0 Å². The molecule has 8 aromatic rings. The molecule has 2 aliphatic carbocycles. The van der Waals surface area contributed by atoms with E-state index < -0.39 is 166 Å². The van der Waals surface area contributed by atoms with E-state index in [1.165, 1.54) is 48.5 Å². The number of hydrogen-bond donors (Lipinski definition) is 16. The number of nitrogens with zero attached hydrogens (tertiary/aromatic N) is 2. The molecule has 825 valence electrons. The second kappa shape index (κ2) is 75.6. The van der Waals surface area contributed by atoms with Gasteiger partial charge in [-0.3, -0.25) is 42.1 Å². The van der Waals surface area contributed by atoms with Gasteiger partial charge in [0.05, 0.1) is 10.2 Å². The predicted octanol–water partition coefficient (Wildman–Crippen LogP) is 18.2. The van der Waals surface area contributed by atoms with Crippen molar-refractivity contribution in [3.05, 3.63) is 217 Å². The summed E-state index contributed by atoms with van der Waals surface area (Å²) in [6, 6.07) is 24.3. The number of rotatable bonds is 16. The first kappa shape index (κ1) is 144. The molecule has 0 fully saturated rings. The molecule has 16 bridgehead atoms. The number of phenols is 16. The van der Waals surface area contributed by atoms with E-state index in [0.717, 1.165) is 0 Å². The molecule has 0 spiro atoms. The van der Waals surface area contributed by atoms with Crippen molar-refractivity contribution in [3.8, 4) is 92.0 Å². The zero-order valence-electron chi connectivity index (χ0n) is 88.2. The fraction of sp³-hybridized carbons (Fsp3) is 0.520. The standard InChI is InChI=1S/2C40H48O8.10C2H6OS.Mn.2NO3/c2*1-5-9-21-25-13-27(35(43)17-33(25)41)22(10-6-2)29-15-31(39(47)19-37(29)45)24(12-8-4)32-16-30(38(46)20-40(32)48)23(11-7-3)28-14-26(21)34(42)18-36(28)44;10*1-4(2)3;;2*2-1(3)4/h2*13-24,41-48H,5-12H2,1-4H3;10*1-2H3;;;/q;;;;;;;;;;;;+2;2*-1. The molecule has 0 saturated carbocycles. The Balaban J connectivity index is -0.000000619. The Labute approximate surface area is 891 Å². The Kier molecular flexibility index (Phi) is 75.3. The van der Waals surface area contributed by atoms with Crippen LogP contribution >= 0.6 is 0 Å². The van der Waals surface area contributed by atoms with Crippen LogP contribution in [0.5, 0.6) is 92.0 Å². The molecule has 2 aliphatic rings. The fourth-order valence-corrected chi connectivity index (χ4v) is 15.5. The first-order valence-corrected chi connectivity index (χ1v) is 64.9. The molecule has 0 saturated heterocycles. The molecule has 1 radical (unpaired) electrons. The fourth-order valence-electron chi connectivity index (χ4n) is 15.5. The third kappa shape index (κ3) is 55.7. The SMILES string of the molecule is CCCC1c2cc(c(O)cc2O)C(CCC)c2cc(c(O)cc2O)C(CCC)c2cc(c(O)cc2O)C(CCC)c2cc1c(O)cc2O.CCCC1c2cc(c(O)cc2O)C(CCC)c2cc(c(O)cc2O)C(CCC)c2cc(c(O)cc2O)C(CCC)c2cc1c(O)cc2O.CS(C)=O.CS(C)=O.CS(C)=O.CS(C)=O.CS(C)=O.CS(C)=O.CS(C)=O.CS(C)=O.CS(C)=O.CS(C)=O.O=[N+]([O-])[O-].O=[N+]([O-])[O-].[Mn+2]. The zero-order chi connectivity index (χ0) is 113. The van der Waals surface area contributed by atoms with Gasteiger partial charge >= 0.3 is 17.1 Å². The van der Waals surface area contributed by atoms with Gasteiger partial charge in [-0.2, -0.15) is 0 Å². The summed E-state index contributed by atoms with van der Waals surface area (Å²) in [5.41, 5.74) is 7.69. The number of hydrogen-bond acceptors (Lipinski definition) is 32. The third-order valence-corrected chi connectivity index (χ3v) is 20.0. The Bertz CT molecular complexity index is 4280. The van der Waals surface area contributed by atoms with E-state index in [-0.39, 0.29) is 109 Å². The van der Waals surface area contributed by atoms with Gasteiger partial charge in [-0.1, -0.05) is 107 Å². The van der Waals surface area contributed by atoms with Gasteiger partial charge in [-0.25, -0.2) is 0 Å². The molecule has 10 rings (SSSR count). The summed E-state index contributed by atoms with van der Waals surface area (Å²) in [7, 11) is -6.11. The normalized spacial score (nSPS) is 15.3. The van der Waals surface area contributed by atoms with Gasteiger partial charge in [-0.05, 0) is 99.9 Å². The van der Waals surface area contributed by atoms with E-state index in [9.17, 15) is 124 Å². The maximum atomic E-state index is 11.3. The molecular formula is C100H156MnN2O32S10. The van der Waals surface area contributed by atoms with Gasteiger partial charge in [0.25, 0.3) is 0 Å². The molecule has 145 heavy (non-hydrogen) atoms. The molecule has 34 nitrogen and oxygen atoms in total. The van der Waals surface area contributed by atoms with E-state index in [1.54, 1.807) is 174 Å². The molecule has 0 atom stereocenters. The van der Waals surface area contributed by atoms with E-state index in [2.05, 4.69) is 0 Å². The van der Waals surface area contributed by atoms with Gasteiger partial charge in [0.2, 0.25) is 0 Å². The van der Waals surface area contributed by atoms with Crippen molar-refractivity contribution in [2.24, 2.45) is 0 Å². The number of aromatic hydroxyl groups is 16. The average Bonchev–Trinajstić information content (AvgIpc) is 0.755. The summed E-state index contributed by atoms with van der Waals surface area (Å²) in [6.45, 7) is 16.0. The molecule has 0 aromatic heterocycles. The first-order chi connectivity index (χ1) is 66.7. The van der Waals surface area contributed by atoms with Crippen LogP contribution in [-0.4, -0.2) is 259 Å². The second-order valence-corrected chi connectivity index (χ2v) is 49.2. The average molecular weight is 2270 g/mol. The largest absolute Gasteiger partial charge is 2.00 e. The van der Waals surface area contributed by atoms with Crippen LogP contribution < -0.4 is 0 Å². The maximum absolute atomic E-state index is 11.3. The van der Waals surface area contributed by atoms with Crippen LogP contribution in [-0.2, 0) is 125 Å². The van der Waals surface area contributed by atoms with Gasteiger partial charge < -0.3 is 112 Å². The second-order valence-electron chi connectivity index (χ2n) is 34.4. The summed E-state index contributed by atoms with van der Waals surface area (Å²) in [5, 5.41) is 210. The number of benzene rings is 8. The van der Waals surface area contributed by atoms with Crippen LogP contribution in [0.15, 0.2) is 97.1 Å². The summed E-state index contributed by atoms with van der Waals surface area (Å²) in [5.74, 6) is -6.65. The maximum Gasteiger partial charge on any atom is 2.00 e. The summed E-state index contributed by atoms with van der Waals surface area (Å²) in [4.78, 5) is 16.5. The molecule has 16 N–H and O–H groups in total. The van der Waals surface area contributed by atoms with Gasteiger partial charge in [-0.15, -0.1) is 0 Å². The number of phenolic OH excluding ortho intramolecular Hbond substituents is 16. The summed E-state index contributed by atoms with van der Waals surface area (Å²) in [6.07, 6.45) is 42.5. The molecule has 8 aromatic carbocycles. The van der Waals surface area contributed by atoms with Crippen molar-refractivity contribution in [3.63, 3.8) is 0 Å². The minimum absolute atomic E-state index is 0. The van der Waals surface area contributed by atoms with Crippen LogP contribution in [0.25, 0.3) is 0 Å². The van der Waals surface area contributed by atoms with Crippen molar-refractivity contribution in [1.29, 1.82) is 0 Å². The van der Waals surface area contributed by atoms with Crippen molar-refractivity contribution in [2.75, 3.05) is 125 Å². The van der Waals surface area contributed by atoms with Crippen LogP contribution in [0.2, 0.25) is 0 Å². The Morgan fingerprint density at radius 1 is 0.172 bits per heavy atom. The van der Waals surface area contributed by atoms with Crippen molar-refractivity contribution in [1.82, 2.24) is 0 Å². The van der Waals surface area contributed by atoms with E-state index in [1.807, 2.05) is 55.4 Å². The molecule has 0 amide bonds. The van der Waals surface area contributed by atoms with Gasteiger partial charge in [0.15, 0.2) is 0 Å². The van der Waals surface area contributed by atoms with Crippen LogP contribution in [0.4, 0.5) is 0 Å². The van der Waals surface area contributed by atoms with Gasteiger partial charge in [0, 0.05) is 418 Å². The smallest absolute Gasteiger partial charge is 0.508 e. The Hall–Kier alpha value is -9.02. The first-order valence-electron chi connectivity index (χ1n) is 45.3. The molecule has 0 heterocycles. The van der Waals surface area contributed by atoms with Crippen LogP contribution in [0, 0.1) is 30.6 Å². The van der Waals surface area contributed by atoms with Gasteiger partial charge in [0.1, 0.15) is 92.0 Å². The monoisotopic (exact) mass is 2270 g/mol. The minimum Gasteiger partial charge on any atom is -0.508 e. The summed E-state index contributed by atoms with van der Waals surface area (Å²) >= 11 is 0. The van der Waals surface area contributed by atoms with Crippen molar-refractivity contribution >= 4 is 108 Å². The molecule has 0 unspecified atom stereocenters. The molecular weight excluding hydrogens is 2120 g/mol. The van der Waals surface area contributed by atoms with Crippen molar-refractivity contribution < 1.29 is 151 Å².